The minimum Gasteiger partial charge on any atom is -0.491 e. The molecular formula is C20H21ClN4O2S. The third-order valence-electron chi connectivity index (χ3n) is 3.92. The van der Waals surface area contributed by atoms with Gasteiger partial charge in [-0.1, -0.05) is 53.7 Å². The molecule has 0 N–H and O–H groups in total. The molecular weight excluding hydrogens is 396 g/mol. The zero-order valence-corrected chi connectivity index (χ0v) is 17.5. The molecule has 0 aliphatic heterocycles. The van der Waals surface area contributed by atoms with Crippen molar-refractivity contribution in [1.29, 1.82) is 0 Å². The summed E-state index contributed by atoms with van der Waals surface area (Å²) in [6, 6.07) is 13.7. The van der Waals surface area contributed by atoms with Gasteiger partial charge < -0.3 is 9.47 Å². The number of hydrogen-bond acceptors (Lipinski definition) is 6. The minimum absolute atomic E-state index is 0.466. The minimum atomic E-state index is 0.466. The highest BCUT2D eigenvalue weighted by Crippen LogP contribution is 2.36. The lowest BCUT2D eigenvalue weighted by Gasteiger charge is -2.11. The van der Waals surface area contributed by atoms with Crippen LogP contribution in [0, 0.1) is 0 Å². The smallest absolute Gasteiger partial charge is 0.211 e. The van der Waals surface area contributed by atoms with Crippen molar-refractivity contribution in [2.24, 2.45) is 5.10 Å². The molecule has 6 nitrogen and oxygen atoms in total. The number of nitrogens with zero attached hydrogens (tertiary/aromatic N) is 4. The van der Waals surface area contributed by atoms with Crippen molar-refractivity contribution in [2.45, 2.75) is 18.5 Å². The molecule has 0 radical (unpaired) electrons. The van der Waals surface area contributed by atoms with Gasteiger partial charge in [-0.3, -0.25) is 0 Å². The van der Waals surface area contributed by atoms with Gasteiger partial charge in [0.2, 0.25) is 5.16 Å². The lowest BCUT2D eigenvalue weighted by molar-refractivity contribution is 0.311. The normalized spacial score (nSPS) is 11.1. The molecule has 1 aromatic heterocycles. The second-order valence-electron chi connectivity index (χ2n) is 5.79. The Morgan fingerprint density at radius 3 is 2.68 bits per heavy atom. The Kier molecular flexibility index (Phi) is 6.95. The van der Waals surface area contributed by atoms with E-state index >= 15 is 0 Å². The molecule has 0 bridgehead atoms. The van der Waals surface area contributed by atoms with Crippen LogP contribution in [0.5, 0.6) is 11.5 Å². The molecule has 3 aromatic rings. The number of ether oxygens (including phenoxy) is 2. The van der Waals surface area contributed by atoms with Crippen LogP contribution < -0.4 is 9.47 Å². The van der Waals surface area contributed by atoms with Crippen LogP contribution in [-0.4, -0.2) is 41.1 Å². The molecule has 0 atom stereocenters. The summed E-state index contributed by atoms with van der Waals surface area (Å²) in [5.41, 5.74) is 1.94. The molecule has 0 unspecified atom stereocenters. The Balaban J connectivity index is 1.93. The maximum Gasteiger partial charge on any atom is 0.211 e. The van der Waals surface area contributed by atoms with E-state index in [9.17, 15) is 0 Å². The van der Waals surface area contributed by atoms with Crippen molar-refractivity contribution in [3.63, 3.8) is 0 Å². The lowest BCUT2D eigenvalue weighted by Crippen LogP contribution is -2.02. The second kappa shape index (κ2) is 9.61. The first-order valence-electron chi connectivity index (χ1n) is 8.73. The van der Waals surface area contributed by atoms with Gasteiger partial charge in [-0.05, 0) is 36.4 Å². The number of rotatable bonds is 8. The third-order valence-corrected chi connectivity index (χ3v) is 4.82. The van der Waals surface area contributed by atoms with E-state index in [0.29, 0.717) is 34.7 Å². The van der Waals surface area contributed by atoms with Gasteiger partial charge in [0.1, 0.15) is 0 Å². The van der Waals surface area contributed by atoms with Gasteiger partial charge in [-0.2, -0.15) is 9.78 Å². The molecule has 0 aliphatic carbocycles. The zero-order valence-electron chi connectivity index (χ0n) is 15.9. The van der Waals surface area contributed by atoms with Crippen LogP contribution in [-0.2, 0) is 6.42 Å². The first-order chi connectivity index (χ1) is 13.7. The number of hydrogen-bond donors (Lipinski definition) is 0. The summed E-state index contributed by atoms with van der Waals surface area (Å²) >= 11 is 7.81. The number of benzene rings is 2. The van der Waals surface area contributed by atoms with E-state index in [1.807, 2.05) is 37.4 Å². The predicted molar refractivity (Wildman–Crippen MR) is 113 cm³/mol. The van der Waals surface area contributed by atoms with Crippen molar-refractivity contribution in [2.75, 3.05) is 20.0 Å². The van der Waals surface area contributed by atoms with Gasteiger partial charge in [0.05, 0.1) is 25.0 Å². The van der Waals surface area contributed by atoms with Crippen LogP contribution in [0.25, 0.3) is 0 Å². The number of methoxy groups -OCH3 is 1. The van der Waals surface area contributed by atoms with Gasteiger partial charge in [-0.25, -0.2) is 0 Å². The van der Waals surface area contributed by atoms with E-state index in [2.05, 4.69) is 27.4 Å². The maximum atomic E-state index is 6.33. The van der Waals surface area contributed by atoms with Crippen LogP contribution in [0.3, 0.4) is 0 Å². The number of thioether (sulfide) groups is 1. The molecule has 28 heavy (non-hydrogen) atoms. The van der Waals surface area contributed by atoms with Gasteiger partial charge >= 0.3 is 0 Å². The first-order valence-corrected chi connectivity index (χ1v) is 10.3. The highest BCUT2D eigenvalue weighted by atomic mass is 35.5. The average molecular weight is 417 g/mol. The predicted octanol–water partition coefficient (Wildman–Crippen LogP) is 4.53. The van der Waals surface area contributed by atoms with E-state index in [-0.39, 0.29) is 0 Å². The van der Waals surface area contributed by atoms with Gasteiger partial charge in [-0.15, -0.1) is 10.2 Å². The van der Waals surface area contributed by atoms with Crippen LogP contribution in [0.2, 0.25) is 5.02 Å². The average Bonchev–Trinajstić information content (AvgIpc) is 3.09. The van der Waals surface area contributed by atoms with Gasteiger partial charge in [0.25, 0.3) is 0 Å². The molecule has 0 amide bonds. The van der Waals surface area contributed by atoms with Crippen molar-refractivity contribution in [3.8, 4) is 11.5 Å². The third kappa shape index (κ3) is 4.66. The molecule has 2 aromatic carbocycles. The van der Waals surface area contributed by atoms with E-state index in [4.69, 9.17) is 21.1 Å². The summed E-state index contributed by atoms with van der Waals surface area (Å²) in [5, 5.41) is 14.3. The maximum absolute atomic E-state index is 6.33. The van der Waals surface area contributed by atoms with Gasteiger partial charge in [0.15, 0.2) is 17.3 Å². The molecule has 0 saturated carbocycles. The molecule has 8 heteroatoms. The Morgan fingerprint density at radius 2 is 2.00 bits per heavy atom. The van der Waals surface area contributed by atoms with Crippen molar-refractivity contribution >= 4 is 29.6 Å². The highest BCUT2D eigenvalue weighted by molar-refractivity contribution is 7.98. The fourth-order valence-corrected chi connectivity index (χ4v) is 3.42. The highest BCUT2D eigenvalue weighted by Gasteiger charge is 2.13. The van der Waals surface area contributed by atoms with Crippen molar-refractivity contribution < 1.29 is 9.47 Å². The summed E-state index contributed by atoms with van der Waals surface area (Å²) in [5.74, 6) is 1.85. The van der Waals surface area contributed by atoms with E-state index in [0.717, 1.165) is 17.0 Å². The molecule has 0 saturated heterocycles. The fraction of sp³-hybridized carbons (Fsp3) is 0.250. The zero-order chi connectivity index (χ0) is 19.9. The first kappa shape index (κ1) is 20.2. The van der Waals surface area contributed by atoms with Crippen LogP contribution in [0.1, 0.15) is 23.9 Å². The van der Waals surface area contributed by atoms with E-state index in [1.165, 1.54) is 11.8 Å². The summed E-state index contributed by atoms with van der Waals surface area (Å²) in [7, 11) is 1.56. The molecule has 146 valence electrons. The second-order valence-corrected chi connectivity index (χ2v) is 6.97. The SMILES string of the molecule is CCOc1cc(/C=N\n2c(Cc3ccccc3)nnc2SC)cc(Cl)c1OC. The lowest BCUT2D eigenvalue weighted by atomic mass is 10.1. The summed E-state index contributed by atoms with van der Waals surface area (Å²) in [6.45, 7) is 2.42. The topological polar surface area (TPSA) is 61.5 Å². The molecule has 1 heterocycles. The van der Waals surface area contributed by atoms with Crippen LogP contribution in [0.15, 0.2) is 52.7 Å². The molecule has 0 fully saturated rings. The molecule has 3 rings (SSSR count). The Labute approximate surface area is 173 Å². The van der Waals surface area contributed by atoms with Crippen molar-refractivity contribution in [3.05, 3.63) is 64.4 Å². The largest absolute Gasteiger partial charge is 0.491 e. The number of aromatic nitrogens is 3. The Hall–Kier alpha value is -2.51. The summed E-state index contributed by atoms with van der Waals surface area (Å²) in [6.07, 6.45) is 4.30. The van der Waals surface area contributed by atoms with Crippen molar-refractivity contribution in [1.82, 2.24) is 14.9 Å². The fourth-order valence-electron chi connectivity index (χ4n) is 2.68. The number of halogens is 1. The van der Waals surface area contributed by atoms with Gasteiger partial charge in [0, 0.05) is 6.42 Å². The Bertz CT molecular complexity index is 960. The van der Waals surface area contributed by atoms with E-state index in [1.54, 1.807) is 24.1 Å². The molecule has 0 aliphatic rings. The Morgan fingerprint density at radius 1 is 1.21 bits per heavy atom. The molecule has 0 spiro atoms. The standard InChI is InChI=1S/C20H21ClN4O2S/c1-4-27-17-11-15(10-16(21)19(17)26-2)13-22-25-18(23-24-20(25)28-3)12-14-8-6-5-7-9-14/h5-11,13H,4,12H2,1-3H3/b22-13-. The quantitative estimate of drug-likeness (QED) is 0.398. The van der Waals surface area contributed by atoms with Crippen LogP contribution in [0.4, 0.5) is 0 Å². The summed E-state index contributed by atoms with van der Waals surface area (Å²) in [4.78, 5) is 0. The van der Waals surface area contributed by atoms with E-state index < -0.39 is 0 Å². The van der Waals surface area contributed by atoms with Crippen LogP contribution >= 0.6 is 23.4 Å². The summed E-state index contributed by atoms with van der Waals surface area (Å²) < 4.78 is 12.7. The monoisotopic (exact) mass is 416 g/mol.